The minimum atomic E-state index is -1.69. The van der Waals surface area contributed by atoms with E-state index in [1.54, 1.807) is 24.3 Å². The normalized spacial score (nSPS) is 14.1. The van der Waals surface area contributed by atoms with E-state index in [4.69, 9.17) is 4.74 Å². The lowest BCUT2D eigenvalue weighted by Gasteiger charge is -2.22. The Hall–Kier alpha value is -1.55. The molecule has 0 amide bonds. The van der Waals surface area contributed by atoms with Crippen LogP contribution < -0.4 is 4.74 Å². The Morgan fingerprint density at radius 2 is 1.93 bits per heavy atom. The van der Waals surface area contributed by atoms with Crippen LogP contribution in [0.1, 0.15) is 12.5 Å². The van der Waals surface area contributed by atoms with Crippen LogP contribution in [0.3, 0.4) is 0 Å². The predicted molar refractivity (Wildman–Crippen MR) is 54.6 cm³/mol. The average molecular weight is 210 g/mol. The zero-order chi connectivity index (χ0) is 11.5. The smallest absolute Gasteiger partial charge is 0.342 e. The number of carbonyl (C=O) groups excluding carboxylic acids is 1. The molecule has 1 aromatic rings. The number of carbonyl (C=O) groups is 1. The van der Waals surface area contributed by atoms with E-state index in [0.29, 0.717) is 11.3 Å². The molecule has 4 heteroatoms. The van der Waals surface area contributed by atoms with E-state index in [9.17, 15) is 9.90 Å². The van der Waals surface area contributed by atoms with Gasteiger partial charge in [0.05, 0.1) is 14.2 Å². The molecule has 1 N–H and O–H groups in total. The number of methoxy groups -OCH3 is 2. The number of hydrogen-bond donors (Lipinski definition) is 1. The molecule has 15 heavy (non-hydrogen) atoms. The second-order valence-corrected chi connectivity index (χ2v) is 3.26. The molecule has 0 aromatic heterocycles. The van der Waals surface area contributed by atoms with E-state index in [2.05, 4.69) is 4.74 Å². The fourth-order valence-corrected chi connectivity index (χ4v) is 1.36. The molecule has 0 aliphatic carbocycles. The summed E-state index contributed by atoms with van der Waals surface area (Å²) in [6, 6.07) is 6.77. The van der Waals surface area contributed by atoms with Gasteiger partial charge in [0.2, 0.25) is 0 Å². The Balaban J connectivity index is 3.19. The molecule has 1 aromatic carbocycles. The molecule has 0 fully saturated rings. The number of benzene rings is 1. The minimum Gasteiger partial charge on any atom is -0.496 e. The molecule has 0 spiro atoms. The van der Waals surface area contributed by atoms with Gasteiger partial charge in [0.25, 0.3) is 0 Å². The van der Waals surface area contributed by atoms with Gasteiger partial charge in [-0.05, 0) is 13.0 Å². The van der Waals surface area contributed by atoms with E-state index in [-0.39, 0.29) is 0 Å². The maximum Gasteiger partial charge on any atom is 0.342 e. The van der Waals surface area contributed by atoms with E-state index < -0.39 is 11.6 Å². The number of aliphatic hydroxyl groups is 1. The fourth-order valence-electron chi connectivity index (χ4n) is 1.36. The van der Waals surface area contributed by atoms with Crippen molar-refractivity contribution >= 4 is 5.97 Å². The van der Waals surface area contributed by atoms with Crippen LogP contribution in [0.25, 0.3) is 0 Å². The molecule has 1 rings (SSSR count). The first-order valence-electron chi connectivity index (χ1n) is 4.48. The summed E-state index contributed by atoms with van der Waals surface area (Å²) in [7, 11) is 2.71. The largest absolute Gasteiger partial charge is 0.496 e. The van der Waals surface area contributed by atoms with Crippen molar-refractivity contribution in [3.8, 4) is 5.75 Å². The van der Waals surface area contributed by atoms with Crippen molar-refractivity contribution < 1.29 is 19.4 Å². The van der Waals surface area contributed by atoms with E-state index in [1.807, 2.05) is 0 Å². The number of hydrogen-bond acceptors (Lipinski definition) is 4. The molecule has 0 saturated heterocycles. The number of rotatable bonds is 3. The fraction of sp³-hybridized carbons (Fsp3) is 0.364. The summed E-state index contributed by atoms with van der Waals surface area (Å²) in [6.07, 6.45) is 0. The van der Waals surface area contributed by atoms with Crippen LogP contribution in [0.2, 0.25) is 0 Å². The molecular weight excluding hydrogens is 196 g/mol. The Labute approximate surface area is 88.4 Å². The molecule has 0 saturated carbocycles. The Morgan fingerprint density at radius 3 is 2.47 bits per heavy atom. The summed E-state index contributed by atoms with van der Waals surface area (Å²) in [6.45, 7) is 1.37. The Kier molecular flexibility index (Phi) is 3.31. The molecule has 4 nitrogen and oxygen atoms in total. The van der Waals surface area contributed by atoms with Crippen LogP contribution in [0.5, 0.6) is 5.75 Å². The van der Waals surface area contributed by atoms with Crippen molar-refractivity contribution in [1.29, 1.82) is 0 Å². The molecule has 1 unspecified atom stereocenters. The van der Waals surface area contributed by atoms with Crippen molar-refractivity contribution in [1.82, 2.24) is 0 Å². The van der Waals surface area contributed by atoms with Gasteiger partial charge in [-0.15, -0.1) is 0 Å². The molecular formula is C11H14O4. The summed E-state index contributed by atoms with van der Waals surface area (Å²) in [5, 5.41) is 10.0. The van der Waals surface area contributed by atoms with Crippen molar-refractivity contribution in [2.75, 3.05) is 14.2 Å². The summed E-state index contributed by atoms with van der Waals surface area (Å²) < 4.78 is 9.58. The number of esters is 1. The minimum absolute atomic E-state index is 0.388. The highest BCUT2D eigenvalue weighted by Gasteiger charge is 2.36. The van der Waals surface area contributed by atoms with Crippen LogP contribution in [-0.4, -0.2) is 25.3 Å². The third kappa shape index (κ3) is 2.10. The Bertz CT molecular complexity index is 357. The van der Waals surface area contributed by atoms with Gasteiger partial charge >= 0.3 is 5.97 Å². The summed E-state index contributed by atoms with van der Waals surface area (Å²) in [4.78, 5) is 11.4. The van der Waals surface area contributed by atoms with Crippen LogP contribution >= 0.6 is 0 Å². The zero-order valence-electron chi connectivity index (χ0n) is 8.98. The topological polar surface area (TPSA) is 55.8 Å². The lowest BCUT2D eigenvalue weighted by Crippen LogP contribution is -2.33. The summed E-state index contributed by atoms with van der Waals surface area (Å²) in [5.41, 5.74) is -1.30. The van der Waals surface area contributed by atoms with Crippen LogP contribution in [0.4, 0.5) is 0 Å². The quantitative estimate of drug-likeness (QED) is 0.758. The van der Waals surface area contributed by atoms with Crippen molar-refractivity contribution in [2.24, 2.45) is 0 Å². The van der Waals surface area contributed by atoms with Gasteiger partial charge < -0.3 is 14.6 Å². The molecule has 0 heterocycles. The van der Waals surface area contributed by atoms with Gasteiger partial charge in [-0.1, -0.05) is 18.2 Å². The maximum absolute atomic E-state index is 11.4. The first-order valence-corrected chi connectivity index (χ1v) is 4.48. The molecule has 0 bridgehead atoms. The SMILES string of the molecule is COC(=O)C(C)(O)c1ccccc1OC. The van der Waals surface area contributed by atoms with Crippen molar-refractivity contribution in [2.45, 2.75) is 12.5 Å². The molecule has 0 aliphatic rings. The van der Waals surface area contributed by atoms with Gasteiger partial charge in [0.1, 0.15) is 5.75 Å². The highest BCUT2D eigenvalue weighted by atomic mass is 16.5. The lowest BCUT2D eigenvalue weighted by atomic mass is 9.95. The van der Waals surface area contributed by atoms with Crippen molar-refractivity contribution in [3.63, 3.8) is 0 Å². The standard InChI is InChI=1S/C11H14O4/c1-11(13,10(12)15-3)8-6-4-5-7-9(8)14-2/h4-7,13H,1-3H3. The monoisotopic (exact) mass is 210 g/mol. The van der Waals surface area contributed by atoms with Crippen molar-refractivity contribution in [3.05, 3.63) is 29.8 Å². The van der Waals surface area contributed by atoms with Gasteiger partial charge in [0, 0.05) is 5.56 Å². The molecule has 0 radical (unpaired) electrons. The average Bonchev–Trinajstić information content (AvgIpc) is 2.27. The third-order valence-electron chi connectivity index (χ3n) is 2.21. The first kappa shape index (κ1) is 11.5. The summed E-state index contributed by atoms with van der Waals surface area (Å²) in [5.74, 6) is -0.264. The number of para-hydroxylation sites is 1. The highest BCUT2D eigenvalue weighted by Crippen LogP contribution is 2.30. The van der Waals surface area contributed by atoms with E-state index >= 15 is 0 Å². The predicted octanol–water partition coefficient (Wildman–Crippen LogP) is 1.08. The van der Waals surface area contributed by atoms with Gasteiger partial charge in [-0.25, -0.2) is 4.79 Å². The van der Waals surface area contributed by atoms with E-state index in [1.165, 1.54) is 21.1 Å². The second kappa shape index (κ2) is 4.31. The van der Waals surface area contributed by atoms with Gasteiger partial charge in [0.15, 0.2) is 5.60 Å². The molecule has 1 atom stereocenters. The van der Waals surface area contributed by atoms with E-state index in [0.717, 1.165) is 0 Å². The molecule has 0 aliphatic heterocycles. The maximum atomic E-state index is 11.4. The number of ether oxygens (including phenoxy) is 2. The molecule has 82 valence electrons. The highest BCUT2D eigenvalue weighted by molar-refractivity contribution is 5.81. The zero-order valence-corrected chi connectivity index (χ0v) is 8.98. The van der Waals surface area contributed by atoms with Gasteiger partial charge in [-0.3, -0.25) is 0 Å². The third-order valence-corrected chi connectivity index (χ3v) is 2.21. The second-order valence-electron chi connectivity index (χ2n) is 3.26. The lowest BCUT2D eigenvalue weighted by molar-refractivity contribution is -0.161. The van der Waals surface area contributed by atoms with Crippen LogP contribution in [0.15, 0.2) is 24.3 Å². The van der Waals surface area contributed by atoms with Crippen LogP contribution in [0, 0.1) is 0 Å². The van der Waals surface area contributed by atoms with Gasteiger partial charge in [-0.2, -0.15) is 0 Å². The van der Waals surface area contributed by atoms with Crippen LogP contribution in [-0.2, 0) is 15.1 Å². The first-order chi connectivity index (χ1) is 7.04. The summed E-state index contributed by atoms with van der Waals surface area (Å²) >= 11 is 0. The Morgan fingerprint density at radius 1 is 1.33 bits per heavy atom.